The number of benzene rings is 1. The maximum atomic E-state index is 5.87. The summed E-state index contributed by atoms with van der Waals surface area (Å²) in [5, 5.41) is 7.24. The van der Waals surface area contributed by atoms with Gasteiger partial charge in [0.05, 0.1) is 19.3 Å². The highest BCUT2D eigenvalue weighted by atomic mass is 127. The summed E-state index contributed by atoms with van der Waals surface area (Å²) in [5.41, 5.74) is 0. The highest BCUT2D eigenvalue weighted by Gasteiger charge is 2.15. The van der Waals surface area contributed by atoms with E-state index in [1.54, 1.807) is 7.05 Å². The topological polar surface area (TPSA) is 64.1 Å². The molecular weight excluding hydrogens is 469 g/mol. The Hall–Kier alpha value is -0.770. The van der Waals surface area contributed by atoms with Gasteiger partial charge in [0.15, 0.2) is 5.96 Å². The Morgan fingerprint density at radius 3 is 2.77 bits per heavy atom. The minimum atomic E-state index is 0. The highest BCUT2D eigenvalue weighted by molar-refractivity contribution is 14.0. The molecule has 1 saturated heterocycles. The van der Waals surface area contributed by atoms with E-state index >= 15 is 0 Å². The first-order chi connectivity index (χ1) is 12.2. The number of hydrogen-bond acceptors (Lipinski definition) is 4. The molecule has 2 N–H and O–H groups in total. The highest BCUT2D eigenvalue weighted by Crippen LogP contribution is 2.16. The van der Waals surface area contributed by atoms with Crippen molar-refractivity contribution in [3.63, 3.8) is 0 Å². The number of guanidine groups is 1. The molecule has 8 heteroatoms. The molecule has 0 amide bonds. The molecule has 26 heavy (non-hydrogen) atoms. The summed E-state index contributed by atoms with van der Waals surface area (Å²) >= 11 is 5.87. The standard InChI is InChI=1S/C18H28ClN3O3.HI/c1-14(25-16-6-4-15(19)5-7-16)12-22-18(20-2)21-9-3-10-24-17-8-11-23-13-17;/h4-7,14,17H,3,8-13H2,1-2H3,(H2,20,21,22);1H. The molecule has 1 heterocycles. The molecule has 0 aromatic heterocycles. The SMILES string of the molecule is CN=C(NCCCOC1CCOC1)NCC(C)Oc1ccc(Cl)cc1.I. The summed E-state index contributed by atoms with van der Waals surface area (Å²) in [5.74, 6) is 1.56. The minimum Gasteiger partial charge on any atom is -0.489 e. The van der Waals surface area contributed by atoms with Gasteiger partial charge in [0.1, 0.15) is 11.9 Å². The van der Waals surface area contributed by atoms with Crippen molar-refractivity contribution in [1.29, 1.82) is 0 Å². The van der Waals surface area contributed by atoms with Crippen molar-refractivity contribution in [2.24, 2.45) is 4.99 Å². The Labute approximate surface area is 178 Å². The lowest BCUT2D eigenvalue weighted by Crippen LogP contribution is -2.42. The van der Waals surface area contributed by atoms with Crippen LogP contribution in [0.3, 0.4) is 0 Å². The fourth-order valence-electron chi connectivity index (χ4n) is 2.42. The molecule has 2 atom stereocenters. The van der Waals surface area contributed by atoms with Gasteiger partial charge in [0.25, 0.3) is 0 Å². The normalized spacial score (nSPS) is 18.1. The lowest BCUT2D eigenvalue weighted by molar-refractivity contribution is 0.0420. The van der Waals surface area contributed by atoms with E-state index in [1.165, 1.54) is 0 Å². The van der Waals surface area contributed by atoms with Gasteiger partial charge in [-0.3, -0.25) is 4.99 Å². The van der Waals surface area contributed by atoms with Crippen molar-refractivity contribution in [3.8, 4) is 5.75 Å². The van der Waals surface area contributed by atoms with Crippen LogP contribution in [0.4, 0.5) is 0 Å². The monoisotopic (exact) mass is 497 g/mol. The van der Waals surface area contributed by atoms with Crippen LogP contribution in [0, 0.1) is 0 Å². The average Bonchev–Trinajstić information content (AvgIpc) is 3.13. The molecule has 0 radical (unpaired) electrons. The molecule has 2 unspecified atom stereocenters. The van der Waals surface area contributed by atoms with E-state index in [9.17, 15) is 0 Å². The maximum Gasteiger partial charge on any atom is 0.191 e. The van der Waals surface area contributed by atoms with Crippen LogP contribution in [-0.2, 0) is 9.47 Å². The second-order valence-corrected chi connectivity index (χ2v) is 6.41. The van der Waals surface area contributed by atoms with Gasteiger partial charge in [-0.2, -0.15) is 0 Å². The van der Waals surface area contributed by atoms with E-state index in [2.05, 4.69) is 15.6 Å². The molecule has 6 nitrogen and oxygen atoms in total. The lowest BCUT2D eigenvalue weighted by Gasteiger charge is -2.18. The van der Waals surface area contributed by atoms with Gasteiger partial charge < -0.3 is 24.8 Å². The Morgan fingerprint density at radius 2 is 2.12 bits per heavy atom. The van der Waals surface area contributed by atoms with Crippen molar-refractivity contribution < 1.29 is 14.2 Å². The summed E-state index contributed by atoms with van der Waals surface area (Å²) in [4.78, 5) is 4.21. The van der Waals surface area contributed by atoms with Gasteiger partial charge in [-0.25, -0.2) is 0 Å². The van der Waals surface area contributed by atoms with Crippen molar-refractivity contribution in [2.75, 3.05) is 40.0 Å². The molecule has 148 valence electrons. The van der Waals surface area contributed by atoms with Gasteiger partial charge in [-0.15, -0.1) is 24.0 Å². The number of nitrogens with zero attached hydrogens (tertiary/aromatic N) is 1. The van der Waals surface area contributed by atoms with Crippen LogP contribution >= 0.6 is 35.6 Å². The molecule has 0 spiro atoms. The summed E-state index contributed by atoms with van der Waals surface area (Å²) < 4.78 is 16.8. The first-order valence-electron chi connectivity index (χ1n) is 8.73. The fraction of sp³-hybridized carbons (Fsp3) is 0.611. The van der Waals surface area contributed by atoms with Gasteiger partial charge in [-0.1, -0.05) is 11.6 Å². The van der Waals surface area contributed by atoms with E-state index in [4.69, 9.17) is 25.8 Å². The lowest BCUT2D eigenvalue weighted by atomic mass is 10.3. The zero-order valence-corrected chi connectivity index (χ0v) is 18.5. The smallest absolute Gasteiger partial charge is 0.191 e. The average molecular weight is 498 g/mol. The van der Waals surface area contributed by atoms with Crippen LogP contribution < -0.4 is 15.4 Å². The molecule has 0 bridgehead atoms. The molecule has 1 fully saturated rings. The summed E-state index contributed by atoms with van der Waals surface area (Å²) in [6.07, 6.45) is 2.20. The van der Waals surface area contributed by atoms with Crippen molar-refractivity contribution in [1.82, 2.24) is 10.6 Å². The maximum absolute atomic E-state index is 5.87. The van der Waals surface area contributed by atoms with Crippen LogP contribution in [0.25, 0.3) is 0 Å². The molecule has 1 aromatic carbocycles. The number of aliphatic imine (C=N–C) groups is 1. The molecule has 0 aliphatic carbocycles. The summed E-state index contributed by atoms with van der Waals surface area (Å²) in [7, 11) is 1.76. The molecule has 1 aliphatic heterocycles. The molecule has 2 rings (SSSR count). The first kappa shape index (κ1) is 23.3. The van der Waals surface area contributed by atoms with Crippen LogP contribution in [0.1, 0.15) is 19.8 Å². The number of nitrogens with one attached hydrogen (secondary N) is 2. The molecule has 1 aliphatic rings. The van der Waals surface area contributed by atoms with Gasteiger partial charge in [0.2, 0.25) is 0 Å². The molecular formula is C18H29ClIN3O3. The van der Waals surface area contributed by atoms with Crippen LogP contribution in [0.15, 0.2) is 29.3 Å². The predicted octanol–water partition coefficient (Wildman–Crippen LogP) is 3.09. The van der Waals surface area contributed by atoms with Crippen molar-refractivity contribution >= 4 is 41.5 Å². The number of hydrogen-bond donors (Lipinski definition) is 2. The second-order valence-electron chi connectivity index (χ2n) is 5.97. The quantitative estimate of drug-likeness (QED) is 0.238. The molecule has 1 aromatic rings. The van der Waals surface area contributed by atoms with E-state index in [0.717, 1.165) is 50.9 Å². The summed E-state index contributed by atoms with van der Waals surface area (Å²) in [6.45, 7) is 5.73. The van der Waals surface area contributed by atoms with Crippen molar-refractivity contribution in [2.45, 2.75) is 32.0 Å². The Morgan fingerprint density at radius 1 is 1.35 bits per heavy atom. The van der Waals surface area contributed by atoms with Gasteiger partial charge >= 0.3 is 0 Å². The van der Waals surface area contributed by atoms with Gasteiger partial charge in [0, 0.05) is 31.8 Å². The van der Waals surface area contributed by atoms with E-state index < -0.39 is 0 Å². The second kappa shape index (κ2) is 13.4. The summed E-state index contributed by atoms with van der Waals surface area (Å²) in [6, 6.07) is 7.36. The van der Waals surface area contributed by atoms with Crippen molar-refractivity contribution in [3.05, 3.63) is 29.3 Å². The van der Waals surface area contributed by atoms with E-state index in [-0.39, 0.29) is 36.2 Å². The van der Waals surface area contributed by atoms with Crippen LogP contribution in [-0.4, -0.2) is 58.1 Å². The third-order valence-corrected chi connectivity index (χ3v) is 4.04. The first-order valence-corrected chi connectivity index (χ1v) is 9.11. The Balaban J connectivity index is 0.00000338. The minimum absolute atomic E-state index is 0. The fourth-order valence-corrected chi connectivity index (χ4v) is 2.55. The third kappa shape index (κ3) is 9.25. The largest absolute Gasteiger partial charge is 0.489 e. The zero-order chi connectivity index (χ0) is 17.9. The number of halogens is 2. The predicted molar refractivity (Wildman–Crippen MR) is 116 cm³/mol. The zero-order valence-electron chi connectivity index (χ0n) is 15.4. The van der Waals surface area contributed by atoms with Crippen LogP contribution in [0.2, 0.25) is 5.02 Å². The van der Waals surface area contributed by atoms with E-state index in [1.807, 2.05) is 31.2 Å². The third-order valence-electron chi connectivity index (χ3n) is 3.79. The van der Waals surface area contributed by atoms with Crippen LogP contribution in [0.5, 0.6) is 5.75 Å². The Kier molecular flexibility index (Phi) is 12.0. The number of rotatable bonds is 9. The number of ether oxygens (including phenoxy) is 3. The molecule has 0 saturated carbocycles. The van der Waals surface area contributed by atoms with E-state index in [0.29, 0.717) is 11.6 Å². The Bertz CT molecular complexity index is 525. The van der Waals surface area contributed by atoms with Gasteiger partial charge in [-0.05, 0) is 44.0 Å².